The molecule has 0 unspecified atom stereocenters. The highest BCUT2D eigenvalue weighted by Crippen LogP contribution is 2.28. The molecule has 0 amide bonds. The molecule has 7 heteroatoms. The van der Waals surface area contributed by atoms with Crippen LogP contribution in [0.25, 0.3) is 16.9 Å². The van der Waals surface area contributed by atoms with Crippen LogP contribution in [0.5, 0.6) is 23.1 Å². The number of ether oxygens (including phenoxy) is 1. The Morgan fingerprint density at radius 3 is 2.11 bits per heavy atom. The lowest BCUT2D eigenvalue weighted by Crippen LogP contribution is -1.96. The Morgan fingerprint density at radius 1 is 0.800 bits per heavy atom. The maximum atomic E-state index is 11.0. The molecule has 0 bridgehead atoms. The fourth-order valence-electron chi connectivity index (χ4n) is 3.67. The second-order valence-corrected chi connectivity index (χ2v) is 7.92. The molecule has 7 nitrogen and oxygen atoms in total. The highest BCUT2D eigenvalue weighted by molar-refractivity contribution is 5.66. The van der Waals surface area contributed by atoms with Crippen LogP contribution in [0.1, 0.15) is 22.5 Å². The summed E-state index contributed by atoms with van der Waals surface area (Å²) in [6.07, 6.45) is 2.07. The van der Waals surface area contributed by atoms with E-state index in [1.165, 1.54) is 0 Å². The van der Waals surface area contributed by atoms with Crippen LogP contribution < -0.4 is 4.74 Å². The predicted octanol–water partition coefficient (Wildman–Crippen LogP) is 4.51. The summed E-state index contributed by atoms with van der Waals surface area (Å²) in [4.78, 5) is 9.36. The number of phenols is 2. The van der Waals surface area contributed by atoms with Gasteiger partial charge in [-0.2, -0.15) is 0 Å². The monoisotopic (exact) mass is 463 g/mol. The maximum Gasteiger partial charge on any atom is 0.219 e. The Balaban J connectivity index is 1.63. The highest BCUT2D eigenvalue weighted by atomic mass is 16.5. The summed E-state index contributed by atoms with van der Waals surface area (Å²) >= 11 is 0. The normalized spacial score (nSPS) is 10.7. The van der Waals surface area contributed by atoms with Crippen molar-refractivity contribution in [2.24, 2.45) is 0 Å². The maximum absolute atomic E-state index is 11.0. The van der Waals surface area contributed by atoms with Crippen molar-refractivity contribution in [2.75, 3.05) is 7.11 Å². The van der Waals surface area contributed by atoms with Crippen LogP contribution >= 0.6 is 0 Å². The van der Waals surface area contributed by atoms with Crippen molar-refractivity contribution in [3.8, 4) is 46.2 Å². The number of rotatable bonds is 4. The van der Waals surface area contributed by atoms with E-state index in [1.54, 1.807) is 66.2 Å². The third kappa shape index (κ3) is 4.59. The molecule has 5 rings (SSSR count). The van der Waals surface area contributed by atoms with Crippen LogP contribution in [0, 0.1) is 11.8 Å². The lowest BCUT2D eigenvalue weighted by atomic mass is 10.1. The molecule has 0 saturated carbocycles. The zero-order chi connectivity index (χ0) is 24.4. The molecule has 3 N–H and O–H groups in total. The van der Waals surface area contributed by atoms with Crippen LogP contribution in [0.3, 0.4) is 0 Å². The molecule has 2 aromatic heterocycles. The minimum atomic E-state index is -0.0111. The van der Waals surface area contributed by atoms with Gasteiger partial charge in [-0.25, -0.2) is 9.97 Å². The summed E-state index contributed by atoms with van der Waals surface area (Å²) in [5.74, 6) is 7.25. The van der Waals surface area contributed by atoms with Gasteiger partial charge in [-0.05, 0) is 72.1 Å². The molecule has 0 aliphatic heterocycles. The van der Waals surface area contributed by atoms with Gasteiger partial charge in [0.1, 0.15) is 22.9 Å². The van der Waals surface area contributed by atoms with Gasteiger partial charge in [0.2, 0.25) is 5.88 Å². The van der Waals surface area contributed by atoms with Crippen molar-refractivity contribution in [3.05, 3.63) is 102 Å². The molecule has 0 spiro atoms. The van der Waals surface area contributed by atoms with Crippen LogP contribution in [-0.2, 0) is 6.42 Å². The average molecular weight is 463 g/mol. The van der Waals surface area contributed by atoms with Crippen LogP contribution in [-0.4, -0.2) is 36.8 Å². The molecule has 35 heavy (non-hydrogen) atoms. The number of benzene rings is 3. The molecule has 172 valence electrons. The molecule has 0 atom stereocenters. The highest BCUT2D eigenvalue weighted by Gasteiger charge is 2.17. The number of hydrogen-bond donors (Lipinski definition) is 3. The molecule has 2 heterocycles. The molecular weight excluding hydrogens is 442 g/mol. The number of phenolic OH excluding ortho intramolecular Hbond substituents is 2. The van der Waals surface area contributed by atoms with E-state index in [-0.39, 0.29) is 17.4 Å². The molecule has 0 saturated heterocycles. The second-order valence-electron chi connectivity index (χ2n) is 7.92. The fraction of sp³-hybridized carbons (Fsp3) is 0.0714. The van der Waals surface area contributed by atoms with Gasteiger partial charge in [-0.15, -0.1) is 0 Å². The van der Waals surface area contributed by atoms with Crippen molar-refractivity contribution in [2.45, 2.75) is 6.42 Å². The Hall–Kier alpha value is -4.96. The Kier molecular flexibility index (Phi) is 5.70. The zero-order valence-electron chi connectivity index (χ0n) is 18.8. The summed E-state index contributed by atoms with van der Waals surface area (Å²) in [5.41, 5.74) is 4.29. The van der Waals surface area contributed by atoms with E-state index in [1.807, 2.05) is 24.3 Å². The van der Waals surface area contributed by atoms with Gasteiger partial charge >= 0.3 is 0 Å². The van der Waals surface area contributed by atoms with E-state index in [0.29, 0.717) is 29.1 Å². The lowest BCUT2D eigenvalue weighted by molar-refractivity contribution is 0.415. The van der Waals surface area contributed by atoms with Gasteiger partial charge in [0.05, 0.1) is 12.8 Å². The SMILES string of the molecule is COc1ccc(C#Cc2nc(-c3ccc(O)cc3)cn3c(O)c(Cc4ccc(O)cc4)nc23)cc1. The molecular formula is C28H21N3O4. The van der Waals surface area contributed by atoms with Crippen molar-refractivity contribution >= 4 is 5.65 Å². The van der Waals surface area contributed by atoms with Crippen molar-refractivity contribution in [1.29, 1.82) is 0 Å². The number of aromatic nitrogens is 3. The third-order valence-electron chi connectivity index (χ3n) is 5.54. The number of fused-ring (bicyclic) bond motifs is 1. The molecule has 0 aliphatic carbocycles. The molecule has 0 radical (unpaired) electrons. The number of methoxy groups -OCH3 is 1. The van der Waals surface area contributed by atoms with Gasteiger partial charge in [0, 0.05) is 23.7 Å². The fourth-order valence-corrected chi connectivity index (χ4v) is 3.67. The van der Waals surface area contributed by atoms with Crippen molar-refractivity contribution < 1.29 is 20.1 Å². The van der Waals surface area contributed by atoms with Crippen LogP contribution in [0.2, 0.25) is 0 Å². The number of nitrogens with zero attached hydrogens (tertiary/aromatic N) is 3. The summed E-state index contributed by atoms with van der Waals surface area (Å²) < 4.78 is 6.77. The van der Waals surface area contributed by atoms with Gasteiger partial charge in [0.15, 0.2) is 11.3 Å². The first-order chi connectivity index (χ1) is 17.0. The zero-order valence-corrected chi connectivity index (χ0v) is 18.8. The first kappa shape index (κ1) is 21.9. The Labute approximate surface area is 201 Å². The predicted molar refractivity (Wildman–Crippen MR) is 132 cm³/mol. The lowest BCUT2D eigenvalue weighted by Gasteiger charge is -2.05. The largest absolute Gasteiger partial charge is 0.508 e. The summed E-state index contributed by atoms with van der Waals surface area (Å²) in [5, 5.41) is 30.2. The minimum Gasteiger partial charge on any atom is -0.508 e. The van der Waals surface area contributed by atoms with Crippen molar-refractivity contribution in [3.63, 3.8) is 0 Å². The summed E-state index contributed by atoms with van der Waals surface area (Å²) in [6, 6.07) is 20.8. The van der Waals surface area contributed by atoms with Gasteiger partial charge < -0.3 is 20.1 Å². The molecule has 3 aromatic carbocycles. The minimum absolute atomic E-state index is 0.0111. The standard InChI is InChI=1S/C28H21N3O4/c1-35-23-13-4-18(5-14-23)6-15-24-27-30-25(16-19-2-9-21(32)10-3-19)28(34)31(27)17-26(29-24)20-7-11-22(33)12-8-20/h2-5,7-14,17,32-34H,16H2,1H3. The van der Waals surface area contributed by atoms with Crippen molar-refractivity contribution in [1.82, 2.24) is 14.4 Å². The molecule has 0 fully saturated rings. The first-order valence-corrected chi connectivity index (χ1v) is 10.8. The summed E-state index contributed by atoms with van der Waals surface area (Å²) in [6.45, 7) is 0. The Bertz CT molecular complexity index is 1560. The average Bonchev–Trinajstić information content (AvgIpc) is 3.20. The topological polar surface area (TPSA) is 100 Å². The Morgan fingerprint density at radius 2 is 1.46 bits per heavy atom. The molecule has 0 aliphatic rings. The smallest absolute Gasteiger partial charge is 0.219 e. The van der Waals surface area contributed by atoms with Crippen LogP contribution in [0.15, 0.2) is 79.0 Å². The van der Waals surface area contributed by atoms with E-state index in [9.17, 15) is 15.3 Å². The van der Waals surface area contributed by atoms with Gasteiger partial charge in [-0.1, -0.05) is 18.1 Å². The second kappa shape index (κ2) is 9.12. The van der Waals surface area contributed by atoms with E-state index in [2.05, 4.69) is 16.8 Å². The van der Waals surface area contributed by atoms with E-state index >= 15 is 0 Å². The third-order valence-corrected chi connectivity index (χ3v) is 5.54. The molecule has 5 aromatic rings. The number of imidazole rings is 1. The van der Waals surface area contributed by atoms with E-state index in [0.717, 1.165) is 22.4 Å². The summed E-state index contributed by atoms with van der Waals surface area (Å²) in [7, 11) is 1.61. The quantitative estimate of drug-likeness (QED) is 0.339. The van der Waals surface area contributed by atoms with Crippen LogP contribution in [0.4, 0.5) is 0 Å². The number of aromatic hydroxyl groups is 3. The van der Waals surface area contributed by atoms with Gasteiger partial charge in [0.25, 0.3) is 0 Å². The van der Waals surface area contributed by atoms with Gasteiger partial charge in [-0.3, -0.25) is 4.40 Å². The first-order valence-electron chi connectivity index (χ1n) is 10.8. The van der Waals surface area contributed by atoms with E-state index < -0.39 is 0 Å². The van der Waals surface area contributed by atoms with E-state index in [4.69, 9.17) is 9.72 Å². The number of hydrogen-bond acceptors (Lipinski definition) is 6.